The Kier molecular flexibility index (Phi) is 4.69. The lowest BCUT2D eigenvalue weighted by molar-refractivity contribution is 0.236. The Balaban J connectivity index is 1.78. The van der Waals surface area contributed by atoms with Gasteiger partial charge in [-0.05, 0) is 42.7 Å². The van der Waals surface area contributed by atoms with Crippen molar-refractivity contribution >= 4 is 11.7 Å². The maximum atomic E-state index is 13.7. The molecule has 2 amide bonds. The Morgan fingerprint density at radius 2 is 1.75 bits per heavy atom. The first-order chi connectivity index (χ1) is 11.6. The predicted molar refractivity (Wildman–Crippen MR) is 91.7 cm³/mol. The van der Waals surface area contributed by atoms with Crippen LogP contribution in [-0.2, 0) is 5.54 Å². The minimum absolute atomic E-state index is 0.179. The highest BCUT2D eigenvalue weighted by atomic mass is 19.1. The molecule has 0 unspecified atom stereocenters. The highest BCUT2D eigenvalue weighted by Crippen LogP contribution is 2.39. The van der Waals surface area contributed by atoms with Crippen molar-refractivity contribution in [1.82, 2.24) is 5.32 Å². The Morgan fingerprint density at radius 1 is 1.08 bits per heavy atom. The van der Waals surface area contributed by atoms with Crippen LogP contribution < -0.4 is 15.4 Å². The van der Waals surface area contributed by atoms with Gasteiger partial charge in [0.2, 0.25) is 0 Å². The van der Waals surface area contributed by atoms with Gasteiger partial charge in [-0.3, -0.25) is 0 Å². The van der Waals surface area contributed by atoms with Crippen LogP contribution in [0.5, 0.6) is 5.75 Å². The molecular weight excluding hydrogens is 307 g/mol. The molecule has 5 heteroatoms. The van der Waals surface area contributed by atoms with Crippen molar-refractivity contribution in [2.24, 2.45) is 0 Å². The van der Waals surface area contributed by atoms with E-state index in [4.69, 9.17) is 4.74 Å². The molecule has 3 rings (SSSR count). The smallest absolute Gasteiger partial charge is 0.320 e. The number of carbonyl (C=O) groups excluding carboxylic acids is 1. The number of anilines is 1. The first kappa shape index (κ1) is 16.3. The van der Waals surface area contributed by atoms with Crippen LogP contribution in [-0.4, -0.2) is 13.1 Å². The third-order valence-electron chi connectivity index (χ3n) is 4.57. The molecule has 0 radical (unpaired) electrons. The van der Waals surface area contributed by atoms with E-state index in [9.17, 15) is 9.18 Å². The van der Waals surface area contributed by atoms with Crippen molar-refractivity contribution in [3.63, 3.8) is 0 Å². The molecule has 1 aliphatic rings. The van der Waals surface area contributed by atoms with E-state index in [1.807, 2.05) is 24.3 Å². The number of benzene rings is 2. The highest BCUT2D eigenvalue weighted by molar-refractivity contribution is 5.90. The summed E-state index contributed by atoms with van der Waals surface area (Å²) in [5, 5.41) is 5.67. The minimum Gasteiger partial charge on any atom is -0.497 e. The second-order valence-corrected chi connectivity index (χ2v) is 6.08. The third kappa shape index (κ3) is 3.35. The van der Waals surface area contributed by atoms with Gasteiger partial charge < -0.3 is 15.4 Å². The summed E-state index contributed by atoms with van der Waals surface area (Å²) in [6, 6.07) is 13.5. The summed E-state index contributed by atoms with van der Waals surface area (Å²) < 4.78 is 18.9. The number of halogens is 1. The molecule has 2 aromatic rings. The van der Waals surface area contributed by atoms with Crippen LogP contribution in [0, 0.1) is 5.82 Å². The van der Waals surface area contributed by atoms with Crippen LogP contribution in [0.1, 0.15) is 31.2 Å². The van der Waals surface area contributed by atoms with Crippen LogP contribution in [0.3, 0.4) is 0 Å². The van der Waals surface area contributed by atoms with E-state index in [0.29, 0.717) is 0 Å². The summed E-state index contributed by atoms with van der Waals surface area (Å²) in [7, 11) is 1.63. The van der Waals surface area contributed by atoms with Crippen LogP contribution in [0.25, 0.3) is 0 Å². The number of amides is 2. The fourth-order valence-corrected chi connectivity index (χ4v) is 3.31. The molecule has 0 spiro atoms. The zero-order valence-corrected chi connectivity index (χ0v) is 13.6. The van der Waals surface area contributed by atoms with E-state index in [1.54, 1.807) is 25.3 Å². The molecule has 0 aliphatic heterocycles. The van der Waals surface area contributed by atoms with Crippen molar-refractivity contribution in [1.29, 1.82) is 0 Å². The summed E-state index contributed by atoms with van der Waals surface area (Å²) in [5.41, 5.74) is 0.809. The number of ether oxygens (including phenoxy) is 1. The molecule has 2 aromatic carbocycles. The molecule has 1 saturated carbocycles. The topological polar surface area (TPSA) is 50.4 Å². The Labute approximate surface area is 141 Å². The van der Waals surface area contributed by atoms with Gasteiger partial charge in [0.1, 0.15) is 11.6 Å². The monoisotopic (exact) mass is 328 g/mol. The molecule has 0 bridgehead atoms. The lowest BCUT2D eigenvalue weighted by Crippen LogP contribution is -2.45. The van der Waals surface area contributed by atoms with Gasteiger partial charge in [-0.15, -0.1) is 0 Å². The van der Waals surface area contributed by atoms with Gasteiger partial charge in [0, 0.05) is 0 Å². The first-order valence-electron chi connectivity index (χ1n) is 8.11. The number of nitrogens with one attached hydrogen (secondary N) is 2. The third-order valence-corrected chi connectivity index (χ3v) is 4.57. The molecule has 1 aliphatic carbocycles. The number of rotatable bonds is 4. The Hall–Kier alpha value is -2.56. The standard InChI is InChI=1S/C19H21FN2O2/c1-24-15-10-8-14(9-11-15)19(12-4-5-13-19)22-18(23)21-17-7-3-2-6-16(17)20/h2-3,6-11H,4-5,12-13H2,1H3,(H2,21,22,23). The van der Waals surface area contributed by atoms with E-state index in [-0.39, 0.29) is 5.69 Å². The van der Waals surface area contributed by atoms with Crippen molar-refractivity contribution in [3.05, 3.63) is 59.9 Å². The number of hydrogen-bond donors (Lipinski definition) is 2. The molecule has 24 heavy (non-hydrogen) atoms. The number of carbonyl (C=O) groups is 1. The first-order valence-corrected chi connectivity index (χ1v) is 8.11. The normalized spacial score (nSPS) is 15.8. The fourth-order valence-electron chi connectivity index (χ4n) is 3.31. The number of para-hydroxylation sites is 1. The maximum absolute atomic E-state index is 13.7. The van der Waals surface area contributed by atoms with Crippen molar-refractivity contribution in [3.8, 4) is 5.75 Å². The molecule has 0 saturated heterocycles. The van der Waals surface area contributed by atoms with Gasteiger partial charge in [-0.25, -0.2) is 9.18 Å². The van der Waals surface area contributed by atoms with E-state index in [1.165, 1.54) is 6.07 Å². The second-order valence-electron chi connectivity index (χ2n) is 6.08. The van der Waals surface area contributed by atoms with Crippen LogP contribution in [0.4, 0.5) is 14.9 Å². The lowest BCUT2D eigenvalue weighted by atomic mass is 9.88. The molecular formula is C19H21FN2O2. The SMILES string of the molecule is COc1ccc(C2(NC(=O)Nc3ccccc3F)CCCC2)cc1. The van der Waals surface area contributed by atoms with E-state index in [2.05, 4.69) is 10.6 Å². The van der Waals surface area contributed by atoms with E-state index in [0.717, 1.165) is 37.0 Å². The zero-order chi connectivity index (χ0) is 17.0. The lowest BCUT2D eigenvalue weighted by Gasteiger charge is -2.31. The summed E-state index contributed by atoms with van der Waals surface area (Å²) in [6.45, 7) is 0. The van der Waals surface area contributed by atoms with E-state index < -0.39 is 17.4 Å². The van der Waals surface area contributed by atoms with Crippen LogP contribution in [0.15, 0.2) is 48.5 Å². The molecule has 0 atom stereocenters. The molecule has 0 aromatic heterocycles. The van der Waals surface area contributed by atoms with Crippen molar-refractivity contribution < 1.29 is 13.9 Å². The van der Waals surface area contributed by atoms with Gasteiger partial charge in [0.15, 0.2) is 0 Å². The Bertz CT molecular complexity index is 710. The number of urea groups is 1. The summed E-state index contributed by atoms with van der Waals surface area (Å²) in [5.74, 6) is 0.334. The van der Waals surface area contributed by atoms with Gasteiger partial charge >= 0.3 is 6.03 Å². The van der Waals surface area contributed by atoms with Crippen molar-refractivity contribution in [2.75, 3.05) is 12.4 Å². The van der Waals surface area contributed by atoms with Crippen LogP contribution >= 0.6 is 0 Å². The minimum atomic E-state index is -0.447. The van der Waals surface area contributed by atoms with Crippen molar-refractivity contribution in [2.45, 2.75) is 31.2 Å². The quantitative estimate of drug-likeness (QED) is 0.872. The highest BCUT2D eigenvalue weighted by Gasteiger charge is 2.37. The number of methoxy groups -OCH3 is 1. The molecule has 2 N–H and O–H groups in total. The predicted octanol–water partition coefficient (Wildman–Crippen LogP) is 4.43. The average Bonchev–Trinajstić information content (AvgIpc) is 3.06. The maximum Gasteiger partial charge on any atom is 0.320 e. The zero-order valence-electron chi connectivity index (χ0n) is 13.6. The van der Waals surface area contributed by atoms with Crippen LogP contribution in [0.2, 0.25) is 0 Å². The summed E-state index contributed by atoms with van der Waals surface area (Å²) in [6.07, 6.45) is 3.83. The molecule has 126 valence electrons. The van der Waals surface area contributed by atoms with Gasteiger partial charge in [0.25, 0.3) is 0 Å². The number of hydrogen-bond acceptors (Lipinski definition) is 2. The molecule has 0 heterocycles. The van der Waals surface area contributed by atoms with Gasteiger partial charge in [-0.1, -0.05) is 37.1 Å². The van der Waals surface area contributed by atoms with Gasteiger partial charge in [-0.2, -0.15) is 0 Å². The summed E-state index contributed by atoms with van der Waals surface area (Å²) in [4.78, 5) is 12.4. The van der Waals surface area contributed by atoms with E-state index >= 15 is 0 Å². The Morgan fingerprint density at radius 3 is 2.38 bits per heavy atom. The average molecular weight is 328 g/mol. The largest absolute Gasteiger partial charge is 0.497 e. The second kappa shape index (κ2) is 6.91. The summed E-state index contributed by atoms with van der Waals surface area (Å²) >= 11 is 0. The molecule has 4 nitrogen and oxygen atoms in total. The molecule has 1 fully saturated rings. The van der Waals surface area contributed by atoms with Gasteiger partial charge in [0.05, 0.1) is 18.3 Å². The fraction of sp³-hybridized carbons (Fsp3) is 0.316.